The molecule has 5 nitrogen and oxygen atoms in total. The van der Waals surface area contributed by atoms with Crippen molar-refractivity contribution >= 4 is 39.4 Å². The first kappa shape index (κ1) is 20.0. The monoisotopic (exact) mass is 428 g/mol. The van der Waals surface area contributed by atoms with Gasteiger partial charge >= 0.3 is 0 Å². The van der Waals surface area contributed by atoms with Gasteiger partial charge in [0.2, 0.25) is 5.91 Å². The molecule has 0 spiro atoms. The Hall–Kier alpha value is -1.27. The standard InChI is InChI=1S/C18H26BrClN4O/c1-2-21-18(22-9-4-12-24-11-3-5-17(24)25)23-10-8-14-13-15(20)6-7-16(14)19/h6-7,13H,2-5,8-12H2,1H3,(H2,21,22,23). The minimum Gasteiger partial charge on any atom is -0.357 e. The molecule has 0 aromatic heterocycles. The Kier molecular flexibility index (Phi) is 8.55. The van der Waals surface area contributed by atoms with E-state index in [4.69, 9.17) is 11.6 Å². The number of halogens is 2. The Balaban J connectivity index is 1.75. The van der Waals surface area contributed by atoms with Crippen LogP contribution in [-0.4, -0.2) is 49.5 Å². The molecule has 25 heavy (non-hydrogen) atoms. The fourth-order valence-corrected chi connectivity index (χ4v) is 3.42. The van der Waals surface area contributed by atoms with Crippen molar-refractivity contribution in [1.29, 1.82) is 0 Å². The molecule has 1 heterocycles. The van der Waals surface area contributed by atoms with Crippen LogP contribution in [0.15, 0.2) is 27.7 Å². The Morgan fingerprint density at radius 2 is 2.24 bits per heavy atom. The van der Waals surface area contributed by atoms with Gasteiger partial charge in [-0.3, -0.25) is 9.79 Å². The van der Waals surface area contributed by atoms with Crippen LogP contribution in [0.5, 0.6) is 0 Å². The highest BCUT2D eigenvalue weighted by Crippen LogP contribution is 2.21. The number of hydrogen-bond donors (Lipinski definition) is 2. The first-order chi connectivity index (χ1) is 12.1. The quantitative estimate of drug-likeness (QED) is 0.379. The predicted molar refractivity (Wildman–Crippen MR) is 107 cm³/mol. The van der Waals surface area contributed by atoms with Gasteiger partial charge in [0.15, 0.2) is 5.96 Å². The van der Waals surface area contributed by atoms with Gasteiger partial charge in [0.1, 0.15) is 0 Å². The Morgan fingerprint density at radius 3 is 2.96 bits per heavy atom. The van der Waals surface area contributed by atoms with Crippen LogP contribution in [0.1, 0.15) is 31.7 Å². The molecular weight excluding hydrogens is 404 g/mol. The van der Waals surface area contributed by atoms with Crippen LogP contribution in [0, 0.1) is 0 Å². The van der Waals surface area contributed by atoms with Gasteiger partial charge in [-0.1, -0.05) is 27.5 Å². The van der Waals surface area contributed by atoms with Gasteiger partial charge in [-0.2, -0.15) is 0 Å². The third-order valence-electron chi connectivity index (χ3n) is 4.07. The van der Waals surface area contributed by atoms with E-state index in [9.17, 15) is 4.79 Å². The lowest BCUT2D eigenvalue weighted by Gasteiger charge is -2.15. The summed E-state index contributed by atoms with van der Waals surface area (Å²) < 4.78 is 1.07. The zero-order valence-corrected chi connectivity index (χ0v) is 17.0. The average molecular weight is 430 g/mol. The minimum atomic E-state index is 0.279. The summed E-state index contributed by atoms with van der Waals surface area (Å²) in [5, 5.41) is 7.35. The number of rotatable bonds is 8. The number of benzene rings is 1. The summed E-state index contributed by atoms with van der Waals surface area (Å²) in [7, 11) is 0. The molecule has 0 bridgehead atoms. The van der Waals surface area contributed by atoms with Crippen LogP contribution in [0.2, 0.25) is 5.02 Å². The van der Waals surface area contributed by atoms with Crippen LogP contribution in [-0.2, 0) is 11.2 Å². The number of nitrogens with one attached hydrogen (secondary N) is 2. The summed E-state index contributed by atoms with van der Waals surface area (Å²) in [6.45, 7) is 6.05. The van der Waals surface area contributed by atoms with Crippen LogP contribution >= 0.6 is 27.5 Å². The van der Waals surface area contributed by atoms with Crippen molar-refractivity contribution in [1.82, 2.24) is 15.5 Å². The number of carbonyl (C=O) groups is 1. The minimum absolute atomic E-state index is 0.279. The summed E-state index contributed by atoms with van der Waals surface area (Å²) in [6.07, 6.45) is 3.44. The van der Waals surface area contributed by atoms with Crippen molar-refractivity contribution in [2.45, 2.75) is 32.6 Å². The average Bonchev–Trinajstić information content (AvgIpc) is 2.99. The topological polar surface area (TPSA) is 56.7 Å². The molecule has 1 aromatic rings. The maximum atomic E-state index is 11.6. The highest BCUT2D eigenvalue weighted by atomic mass is 79.9. The smallest absolute Gasteiger partial charge is 0.222 e. The van der Waals surface area contributed by atoms with Crippen molar-refractivity contribution in [2.75, 3.05) is 32.7 Å². The van der Waals surface area contributed by atoms with E-state index < -0.39 is 0 Å². The second-order valence-corrected chi connectivity index (χ2v) is 7.30. The number of amides is 1. The zero-order valence-electron chi connectivity index (χ0n) is 14.7. The maximum absolute atomic E-state index is 11.6. The lowest BCUT2D eigenvalue weighted by molar-refractivity contribution is -0.127. The third kappa shape index (κ3) is 6.86. The summed E-state index contributed by atoms with van der Waals surface area (Å²) in [5.74, 6) is 1.09. The molecule has 0 aliphatic carbocycles. The fourth-order valence-electron chi connectivity index (χ4n) is 2.79. The predicted octanol–water partition coefficient (Wildman–Crippen LogP) is 3.21. The first-order valence-electron chi connectivity index (χ1n) is 8.84. The lowest BCUT2D eigenvalue weighted by atomic mass is 10.1. The number of likely N-dealkylation sites (tertiary alicyclic amines) is 1. The van der Waals surface area contributed by atoms with Gasteiger partial charge in [0.05, 0.1) is 0 Å². The molecule has 138 valence electrons. The van der Waals surface area contributed by atoms with Gasteiger partial charge < -0.3 is 15.5 Å². The number of guanidine groups is 1. The second kappa shape index (κ2) is 10.7. The van der Waals surface area contributed by atoms with Gasteiger partial charge in [-0.05, 0) is 49.9 Å². The normalized spacial score (nSPS) is 14.9. The molecule has 1 amide bonds. The van der Waals surface area contributed by atoms with Crippen LogP contribution in [0.3, 0.4) is 0 Å². The van der Waals surface area contributed by atoms with Gasteiger partial charge in [0.25, 0.3) is 0 Å². The van der Waals surface area contributed by atoms with Crippen LogP contribution in [0.4, 0.5) is 0 Å². The van der Waals surface area contributed by atoms with E-state index in [1.54, 1.807) is 0 Å². The molecule has 1 aliphatic rings. The van der Waals surface area contributed by atoms with E-state index in [1.165, 1.54) is 5.56 Å². The van der Waals surface area contributed by atoms with Gasteiger partial charge in [-0.15, -0.1) is 0 Å². The van der Waals surface area contributed by atoms with Gasteiger partial charge in [-0.25, -0.2) is 0 Å². The molecule has 0 unspecified atom stereocenters. The fraction of sp³-hybridized carbons (Fsp3) is 0.556. The van der Waals surface area contributed by atoms with Gasteiger partial charge in [0, 0.05) is 48.6 Å². The molecular formula is C18H26BrClN4O. The number of hydrogen-bond acceptors (Lipinski definition) is 2. The van der Waals surface area contributed by atoms with Crippen molar-refractivity contribution in [3.05, 3.63) is 33.3 Å². The Morgan fingerprint density at radius 1 is 1.40 bits per heavy atom. The molecule has 0 saturated carbocycles. The largest absolute Gasteiger partial charge is 0.357 e. The van der Waals surface area contributed by atoms with Crippen molar-refractivity contribution in [3.8, 4) is 0 Å². The van der Waals surface area contributed by atoms with Crippen molar-refractivity contribution in [2.24, 2.45) is 4.99 Å². The van der Waals surface area contributed by atoms with Crippen LogP contribution < -0.4 is 10.6 Å². The third-order valence-corrected chi connectivity index (χ3v) is 5.07. The number of carbonyl (C=O) groups excluding carboxylic acids is 1. The maximum Gasteiger partial charge on any atom is 0.222 e. The molecule has 0 atom stereocenters. The molecule has 1 saturated heterocycles. The Bertz CT molecular complexity index is 609. The van der Waals surface area contributed by atoms with E-state index in [0.29, 0.717) is 13.0 Å². The highest BCUT2D eigenvalue weighted by Gasteiger charge is 2.18. The van der Waals surface area contributed by atoms with E-state index in [1.807, 2.05) is 30.0 Å². The number of aliphatic imine (C=N–C) groups is 1. The first-order valence-corrected chi connectivity index (χ1v) is 10.0. The molecule has 0 radical (unpaired) electrons. The molecule has 7 heteroatoms. The zero-order chi connectivity index (χ0) is 18.1. The summed E-state index contributed by atoms with van der Waals surface area (Å²) >= 11 is 9.60. The molecule has 1 fully saturated rings. The highest BCUT2D eigenvalue weighted by molar-refractivity contribution is 9.10. The van der Waals surface area contributed by atoms with E-state index in [2.05, 4.69) is 31.6 Å². The molecule has 2 N–H and O–H groups in total. The molecule has 1 aromatic carbocycles. The molecule has 1 aliphatic heterocycles. The SMILES string of the molecule is CCNC(=NCCCN1CCCC1=O)NCCc1cc(Cl)ccc1Br. The van der Waals surface area contributed by atoms with E-state index >= 15 is 0 Å². The summed E-state index contributed by atoms with van der Waals surface area (Å²) in [6, 6.07) is 5.82. The molecule has 2 rings (SSSR count). The second-order valence-electron chi connectivity index (χ2n) is 6.01. The summed E-state index contributed by atoms with van der Waals surface area (Å²) in [5.41, 5.74) is 1.17. The van der Waals surface area contributed by atoms with E-state index in [-0.39, 0.29) is 5.91 Å². The summed E-state index contributed by atoms with van der Waals surface area (Å²) in [4.78, 5) is 18.1. The lowest BCUT2D eigenvalue weighted by Crippen LogP contribution is -2.38. The Labute approximate surface area is 163 Å². The number of nitrogens with zero attached hydrogens (tertiary/aromatic N) is 2. The van der Waals surface area contributed by atoms with Crippen LogP contribution in [0.25, 0.3) is 0 Å². The van der Waals surface area contributed by atoms with Crippen molar-refractivity contribution < 1.29 is 4.79 Å². The van der Waals surface area contributed by atoms with Crippen molar-refractivity contribution in [3.63, 3.8) is 0 Å². The van der Waals surface area contributed by atoms with E-state index in [0.717, 1.165) is 60.9 Å².